The molecule has 1 aliphatic heterocycles. The van der Waals surface area contributed by atoms with Crippen molar-refractivity contribution in [2.45, 2.75) is 51.9 Å². The van der Waals surface area contributed by atoms with Crippen LogP contribution < -0.4 is 27.0 Å². The normalized spacial score (nSPS) is 15.9. The number of anilines is 1. The summed E-state index contributed by atoms with van der Waals surface area (Å²) in [6.45, 7) is 4.24. The third kappa shape index (κ3) is 6.61. The molecule has 3 aromatic rings. The van der Waals surface area contributed by atoms with Gasteiger partial charge in [-0.1, -0.05) is 62.4 Å². The Bertz CT molecular complexity index is 1360. The van der Waals surface area contributed by atoms with Gasteiger partial charge in [0.1, 0.15) is 11.9 Å². The van der Waals surface area contributed by atoms with Gasteiger partial charge in [0, 0.05) is 12.2 Å². The molecular formula is C30H34FN5O3. The predicted molar refractivity (Wildman–Crippen MR) is 149 cm³/mol. The Balaban J connectivity index is 1.60. The largest absolute Gasteiger partial charge is 0.352 e. The van der Waals surface area contributed by atoms with E-state index in [0.717, 1.165) is 22.3 Å². The second-order valence-electron chi connectivity index (χ2n) is 10.1. The summed E-state index contributed by atoms with van der Waals surface area (Å²) in [5, 5.41) is 5.45. The number of nitrogens with one attached hydrogen (secondary N) is 2. The molecule has 3 aromatic carbocycles. The number of urea groups is 1. The van der Waals surface area contributed by atoms with Crippen molar-refractivity contribution in [1.29, 1.82) is 0 Å². The predicted octanol–water partition coefficient (Wildman–Crippen LogP) is 3.61. The van der Waals surface area contributed by atoms with E-state index in [1.54, 1.807) is 11.0 Å². The molecule has 0 bridgehead atoms. The van der Waals surface area contributed by atoms with E-state index in [9.17, 15) is 18.8 Å². The molecule has 0 aliphatic carbocycles. The van der Waals surface area contributed by atoms with Crippen LogP contribution in [0.5, 0.6) is 0 Å². The van der Waals surface area contributed by atoms with Crippen molar-refractivity contribution >= 4 is 23.5 Å². The van der Waals surface area contributed by atoms with Crippen LogP contribution in [0.1, 0.15) is 37.0 Å². The molecule has 0 saturated heterocycles. The zero-order valence-corrected chi connectivity index (χ0v) is 22.1. The Morgan fingerprint density at radius 1 is 1.08 bits per heavy atom. The molecule has 0 saturated carbocycles. The fourth-order valence-electron chi connectivity index (χ4n) is 4.73. The van der Waals surface area contributed by atoms with E-state index < -0.39 is 18.1 Å². The molecule has 0 fully saturated rings. The number of aryl methyl sites for hydroxylation is 1. The molecular weight excluding hydrogens is 497 g/mol. The van der Waals surface area contributed by atoms with Crippen LogP contribution in [0.2, 0.25) is 0 Å². The van der Waals surface area contributed by atoms with Crippen molar-refractivity contribution in [3.8, 4) is 11.1 Å². The molecule has 0 radical (unpaired) electrons. The molecule has 4 rings (SSSR count). The Morgan fingerprint density at radius 3 is 2.49 bits per heavy atom. The van der Waals surface area contributed by atoms with Gasteiger partial charge < -0.3 is 27.0 Å². The van der Waals surface area contributed by atoms with Crippen LogP contribution in [-0.4, -0.2) is 29.9 Å². The van der Waals surface area contributed by atoms with Crippen molar-refractivity contribution in [3.05, 3.63) is 89.2 Å². The summed E-state index contributed by atoms with van der Waals surface area (Å²) in [5.74, 6) is -1.10. The number of hydrogen-bond acceptors (Lipinski definition) is 4. The molecule has 204 valence electrons. The molecule has 0 aromatic heterocycles. The van der Waals surface area contributed by atoms with Gasteiger partial charge in [-0.25, -0.2) is 9.18 Å². The van der Waals surface area contributed by atoms with Gasteiger partial charge in [-0.3, -0.25) is 9.59 Å². The first-order chi connectivity index (χ1) is 18.6. The molecule has 9 heteroatoms. The van der Waals surface area contributed by atoms with E-state index in [1.165, 1.54) is 12.1 Å². The minimum absolute atomic E-state index is 0.0801. The number of carbonyl (C=O) groups is 3. The molecule has 0 spiro atoms. The second-order valence-corrected chi connectivity index (χ2v) is 10.1. The molecule has 39 heavy (non-hydrogen) atoms. The molecule has 6 N–H and O–H groups in total. The fraction of sp³-hybridized carbons (Fsp3) is 0.300. The monoisotopic (exact) mass is 531 g/mol. The van der Waals surface area contributed by atoms with E-state index >= 15 is 0 Å². The summed E-state index contributed by atoms with van der Waals surface area (Å²) in [6.07, 6.45) is 0.781. The molecule has 2 atom stereocenters. The van der Waals surface area contributed by atoms with Gasteiger partial charge in [-0.05, 0) is 64.8 Å². The summed E-state index contributed by atoms with van der Waals surface area (Å²) < 4.78 is 14.1. The van der Waals surface area contributed by atoms with E-state index in [4.69, 9.17) is 11.5 Å². The summed E-state index contributed by atoms with van der Waals surface area (Å²) in [7, 11) is 0. The van der Waals surface area contributed by atoms with Crippen LogP contribution in [0.15, 0.2) is 66.7 Å². The number of amides is 4. The summed E-state index contributed by atoms with van der Waals surface area (Å²) >= 11 is 0. The quantitative estimate of drug-likeness (QED) is 0.354. The minimum Gasteiger partial charge on any atom is -0.352 e. The Kier molecular flexibility index (Phi) is 8.61. The lowest BCUT2D eigenvalue weighted by Gasteiger charge is -2.27. The van der Waals surface area contributed by atoms with Crippen LogP contribution in [0, 0.1) is 11.7 Å². The van der Waals surface area contributed by atoms with Crippen LogP contribution in [0.4, 0.5) is 14.9 Å². The van der Waals surface area contributed by atoms with Crippen molar-refractivity contribution in [1.82, 2.24) is 10.6 Å². The maximum Gasteiger partial charge on any atom is 0.312 e. The van der Waals surface area contributed by atoms with Gasteiger partial charge in [0.2, 0.25) is 11.8 Å². The Labute approximate surface area is 227 Å². The highest BCUT2D eigenvalue weighted by molar-refractivity contribution is 6.01. The number of carbonyl (C=O) groups excluding carboxylic acids is 3. The van der Waals surface area contributed by atoms with E-state index in [1.807, 2.05) is 62.4 Å². The highest BCUT2D eigenvalue weighted by Crippen LogP contribution is 2.30. The number of halogens is 1. The average molecular weight is 532 g/mol. The third-order valence-electron chi connectivity index (χ3n) is 7.01. The van der Waals surface area contributed by atoms with Crippen molar-refractivity contribution in [2.75, 3.05) is 4.90 Å². The van der Waals surface area contributed by atoms with Gasteiger partial charge in [-0.2, -0.15) is 0 Å². The Hall–Kier alpha value is -4.24. The maximum absolute atomic E-state index is 14.1. The highest BCUT2D eigenvalue weighted by atomic mass is 19.1. The maximum atomic E-state index is 14.1. The number of benzene rings is 3. The van der Waals surface area contributed by atoms with Gasteiger partial charge in [0.25, 0.3) is 0 Å². The zero-order chi connectivity index (χ0) is 28.1. The zero-order valence-electron chi connectivity index (χ0n) is 22.1. The summed E-state index contributed by atoms with van der Waals surface area (Å²) in [5.41, 5.74) is 16.3. The number of rotatable bonds is 8. The second kappa shape index (κ2) is 12.1. The van der Waals surface area contributed by atoms with Crippen LogP contribution in [0.3, 0.4) is 0 Å². The summed E-state index contributed by atoms with van der Waals surface area (Å²) in [4.78, 5) is 39.2. The molecule has 1 heterocycles. The summed E-state index contributed by atoms with van der Waals surface area (Å²) in [6, 6.07) is 17.8. The lowest BCUT2D eigenvalue weighted by Crippen LogP contribution is -2.53. The number of hydrogen-bond donors (Lipinski definition) is 4. The topological polar surface area (TPSA) is 131 Å². The van der Waals surface area contributed by atoms with Crippen LogP contribution >= 0.6 is 0 Å². The van der Waals surface area contributed by atoms with E-state index in [2.05, 4.69) is 10.6 Å². The van der Waals surface area contributed by atoms with E-state index in [-0.39, 0.29) is 30.1 Å². The lowest BCUT2D eigenvalue weighted by atomic mass is 9.98. The third-order valence-corrected chi connectivity index (χ3v) is 7.01. The molecule has 8 nitrogen and oxygen atoms in total. The minimum atomic E-state index is -0.776. The Morgan fingerprint density at radius 2 is 1.79 bits per heavy atom. The number of primary amides is 1. The SMILES string of the molecule is CC(C)C(N)C(=O)N[C@@H]1CCc2cc(F)ccc2N(Cc2ccc(-c3ccccc3CNC(N)=O)cc2)C1=O. The molecule has 1 unspecified atom stereocenters. The van der Waals surface area contributed by atoms with Gasteiger partial charge in [-0.15, -0.1) is 0 Å². The standard InChI is InChI=1S/C30H34FN5O3/c1-18(2)27(32)28(37)35-25-13-11-21-15-23(31)12-14-26(21)36(29(25)38)17-19-7-9-20(10-8-19)24-6-4-3-5-22(24)16-34-30(33)39/h3-10,12,14-15,18,25,27H,11,13,16-17,32H2,1-2H3,(H,35,37)(H3,33,34,39)/t25-,27?/m1/s1. The van der Waals surface area contributed by atoms with Crippen LogP contribution in [0.25, 0.3) is 11.1 Å². The van der Waals surface area contributed by atoms with Gasteiger partial charge >= 0.3 is 6.03 Å². The van der Waals surface area contributed by atoms with E-state index in [0.29, 0.717) is 30.6 Å². The van der Waals surface area contributed by atoms with Gasteiger partial charge in [0.15, 0.2) is 0 Å². The first-order valence-corrected chi connectivity index (χ1v) is 13.0. The number of fused-ring (bicyclic) bond motifs is 1. The fourth-order valence-corrected chi connectivity index (χ4v) is 4.73. The molecule has 1 aliphatic rings. The lowest BCUT2D eigenvalue weighted by molar-refractivity contribution is -0.129. The smallest absolute Gasteiger partial charge is 0.312 e. The van der Waals surface area contributed by atoms with Crippen molar-refractivity contribution in [3.63, 3.8) is 0 Å². The van der Waals surface area contributed by atoms with Crippen molar-refractivity contribution in [2.24, 2.45) is 17.4 Å². The molecule has 4 amide bonds. The van der Waals surface area contributed by atoms with Crippen LogP contribution in [-0.2, 0) is 29.1 Å². The van der Waals surface area contributed by atoms with Crippen molar-refractivity contribution < 1.29 is 18.8 Å². The average Bonchev–Trinajstić information content (AvgIpc) is 3.04. The number of nitrogens with two attached hydrogens (primary N) is 2. The first-order valence-electron chi connectivity index (χ1n) is 13.0. The number of nitrogens with zero attached hydrogens (tertiary/aromatic N) is 1. The first kappa shape index (κ1) is 27.8. The highest BCUT2D eigenvalue weighted by Gasteiger charge is 2.33. The van der Waals surface area contributed by atoms with Gasteiger partial charge in [0.05, 0.1) is 12.6 Å².